The first kappa shape index (κ1) is 12.4. The van der Waals surface area contributed by atoms with Crippen molar-refractivity contribution in [1.82, 2.24) is 0 Å². The Balaban J connectivity index is 2.12. The molecule has 5 heteroatoms. The molecule has 0 spiro atoms. The summed E-state index contributed by atoms with van der Waals surface area (Å²) in [5.41, 5.74) is 0. The lowest BCUT2D eigenvalue weighted by Crippen LogP contribution is -2.10. The predicted octanol–water partition coefficient (Wildman–Crippen LogP) is 2.51. The van der Waals surface area contributed by atoms with Crippen LogP contribution < -0.4 is 0 Å². The van der Waals surface area contributed by atoms with E-state index in [1.807, 2.05) is 0 Å². The van der Waals surface area contributed by atoms with Gasteiger partial charge in [0.05, 0.1) is 6.61 Å². The second kappa shape index (κ2) is 6.00. The van der Waals surface area contributed by atoms with Gasteiger partial charge < -0.3 is 9.84 Å². The van der Waals surface area contributed by atoms with Crippen LogP contribution in [0, 0.1) is 11.8 Å². The highest BCUT2D eigenvalue weighted by atomic mass is 19.3. The summed E-state index contributed by atoms with van der Waals surface area (Å²) in [7, 11) is 0. The van der Waals surface area contributed by atoms with E-state index in [1.54, 1.807) is 0 Å². The van der Waals surface area contributed by atoms with Crippen molar-refractivity contribution in [3.8, 4) is 0 Å². The monoisotopic (exact) mass is 222 g/mol. The van der Waals surface area contributed by atoms with E-state index in [-0.39, 0.29) is 18.9 Å². The molecule has 1 rings (SSSR count). The molecule has 0 amide bonds. The van der Waals surface area contributed by atoms with E-state index < -0.39 is 12.6 Å². The minimum atomic E-state index is -2.69. The van der Waals surface area contributed by atoms with E-state index in [9.17, 15) is 13.6 Å². The standard InChI is InChI=1S/C10H16F2O3/c11-10(12)15-6-8-2-1-7(5-8)3-4-9(13)14/h7-8,10H,1-6H2,(H,13,14). The zero-order chi connectivity index (χ0) is 11.3. The Bertz CT molecular complexity index is 209. The van der Waals surface area contributed by atoms with Gasteiger partial charge in [-0.15, -0.1) is 0 Å². The normalized spacial score (nSPS) is 26.1. The van der Waals surface area contributed by atoms with Crippen molar-refractivity contribution in [2.45, 2.75) is 38.7 Å². The third-order valence-electron chi connectivity index (χ3n) is 2.87. The molecule has 0 heterocycles. The van der Waals surface area contributed by atoms with Crippen molar-refractivity contribution in [1.29, 1.82) is 0 Å². The third kappa shape index (κ3) is 5.06. The maximum absolute atomic E-state index is 11.7. The van der Waals surface area contributed by atoms with Gasteiger partial charge >= 0.3 is 12.6 Å². The van der Waals surface area contributed by atoms with E-state index in [2.05, 4.69) is 4.74 Å². The summed E-state index contributed by atoms with van der Waals surface area (Å²) < 4.78 is 27.7. The van der Waals surface area contributed by atoms with Gasteiger partial charge in [-0.25, -0.2) is 0 Å². The van der Waals surface area contributed by atoms with E-state index in [0.29, 0.717) is 12.3 Å². The minimum Gasteiger partial charge on any atom is -0.481 e. The molecule has 0 aliphatic heterocycles. The Kier molecular flexibility index (Phi) is 4.94. The Morgan fingerprint density at radius 3 is 2.67 bits per heavy atom. The summed E-state index contributed by atoms with van der Waals surface area (Å²) >= 11 is 0. The van der Waals surface area contributed by atoms with Crippen molar-refractivity contribution in [3.63, 3.8) is 0 Å². The molecule has 2 unspecified atom stereocenters. The molecule has 1 N–H and O–H groups in total. The number of halogens is 2. The number of alkyl halides is 2. The number of carbonyl (C=O) groups is 1. The smallest absolute Gasteiger partial charge is 0.345 e. The Labute approximate surface area is 87.4 Å². The molecule has 15 heavy (non-hydrogen) atoms. The number of ether oxygens (including phenoxy) is 1. The lowest BCUT2D eigenvalue weighted by molar-refractivity contribution is -0.137. The molecule has 0 bridgehead atoms. The van der Waals surface area contributed by atoms with Crippen LogP contribution in [0.25, 0.3) is 0 Å². The molecular formula is C10H16F2O3. The molecule has 1 fully saturated rings. The first-order valence-electron chi connectivity index (χ1n) is 5.19. The Morgan fingerprint density at radius 1 is 1.40 bits per heavy atom. The predicted molar refractivity (Wildman–Crippen MR) is 49.7 cm³/mol. The van der Waals surface area contributed by atoms with Gasteiger partial charge in [0, 0.05) is 6.42 Å². The van der Waals surface area contributed by atoms with Gasteiger partial charge in [0.25, 0.3) is 0 Å². The number of carboxylic acids is 1. The summed E-state index contributed by atoms with van der Waals surface area (Å²) in [4.78, 5) is 10.3. The van der Waals surface area contributed by atoms with Gasteiger partial charge in [0.2, 0.25) is 0 Å². The van der Waals surface area contributed by atoms with Crippen molar-refractivity contribution < 1.29 is 23.4 Å². The molecule has 88 valence electrons. The second-order valence-corrected chi connectivity index (χ2v) is 4.07. The zero-order valence-corrected chi connectivity index (χ0v) is 8.49. The van der Waals surface area contributed by atoms with Gasteiger partial charge in [-0.05, 0) is 31.1 Å². The van der Waals surface area contributed by atoms with Crippen LogP contribution in [0.5, 0.6) is 0 Å². The van der Waals surface area contributed by atoms with Gasteiger partial charge in [-0.2, -0.15) is 8.78 Å². The third-order valence-corrected chi connectivity index (χ3v) is 2.87. The molecule has 1 aliphatic carbocycles. The van der Waals surface area contributed by atoms with Crippen LogP contribution in [0.3, 0.4) is 0 Å². The van der Waals surface area contributed by atoms with Crippen LogP contribution in [-0.4, -0.2) is 24.3 Å². The number of carboxylic acid groups (broad SMARTS) is 1. The van der Waals surface area contributed by atoms with E-state index in [0.717, 1.165) is 19.3 Å². The molecule has 0 aromatic heterocycles. The highest BCUT2D eigenvalue weighted by Gasteiger charge is 2.25. The fraction of sp³-hybridized carbons (Fsp3) is 0.900. The van der Waals surface area contributed by atoms with E-state index >= 15 is 0 Å². The van der Waals surface area contributed by atoms with Crippen LogP contribution in [0.1, 0.15) is 32.1 Å². The summed E-state index contributed by atoms with van der Waals surface area (Å²) in [5, 5.41) is 8.49. The van der Waals surface area contributed by atoms with Gasteiger partial charge in [-0.1, -0.05) is 6.42 Å². The Morgan fingerprint density at radius 2 is 2.07 bits per heavy atom. The average molecular weight is 222 g/mol. The first-order chi connectivity index (χ1) is 7.08. The van der Waals surface area contributed by atoms with Gasteiger partial charge in [-0.3, -0.25) is 4.79 Å². The molecule has 0 aromatic carbocycles. The summed E-state index contributed by atoms with van der Waals surface area (Å²) in [6.45, 7) is -2.59. The fourth-order valence-corrected chi connectivity index (χ4v) is 2.13. The van der Waals surface area contributed by atoms with Crippen LogP contribution in [0.15, 0.2) is 0 Å². The first-order valence-corrected chi connectivity index (χ1v) is 5.19. The molecule has 3 nitrogen and oxygen atoms in total. The molecule has 0 saturated heterocycles. The SMILES string of the molecule is O=C(O)CCC1CCC(COC(F)F)C1. The number of aliphatic carboxylic acids is 1. The largest absolute Gasteiger partial charge is 0.481 e. The second-order valence-electron chi connectivity index (χ2n) is 4.07. The van der Waals surface area contributed by atoms with Crippen LogP contribution in [-0.2, 0) is 9.53 Å². The van der Waals surface area contributed by atoms with Crippen molar-refractivity contribution >= 4 is 5.97 Å². The topological polar surface area (TPSA) is 46.5 Å². The molecule has 0 radical (unpaired) electrons. The minimum absolute atomic E-state index is 0.0985. The van der Waals surface area contributed by atoms with Crippen LogP contribution in [0.4, 0.5) is 8.78 Å². The summed E-state index contributed by atoms with van der Waals surface area (Å²) in [6, 6.07) is 0. The highest BCUT2D eigenvalue weighted by Crippen LogP contribution is 2.34. The molecular weight excluding hydrogens is 206 g/mol. The average Bonchev–Trinajstić information content (AvgIpc) is 2.59. The Hall–Kier alpha value is -0.710. The number of rotatable bonds is 6. The summed E-state index contributed by atoms with van der Waals surface area (Å²) in [6.07, 6.45) is 3.45. The highest BCUT2D eigenvalue weighted by molar-refractivity contribution is 5.66. The van der Waals surface area contributed by atoms with Gasteiger partial charge in [0.1, 0.15) is 0 Å². The molecule has 2 atom stereocenters. The molecule has 0 aromatic rings. The fourth-order valence-electron chi connectivity index (χ4n) is 2.13. The van der Waals surface area contributed by atoms with Crippen LogP contribution in [0.2, 0.25) is 0 Å². The lowest BCUT2D eigenvalue weighted by Gasteiger charge is -2.10. The van der Waals surface area contributed by atoms with Crippen molar-refractivity contribution in [2.24, 2.45) is 11.8 Å². The zero-order valence-electron chi connectivity index (χ0n) is 8.49. The lowest BCUT2D eigenvalue weighted by atomic mass is 10.0. The van der Waals surface area contributed by atoms with Crippen LogP contribution >= 0.6 is 0 Å². The molecule has 1 aliphatic rings. The van der Waals surface area contributed by atoms with Crippen molar-refractivity contribution in [2.75, 3.05) is 6.61 Å². The number of hydrogen-bond acceptors (Lipinski definition) is 2. The molecule has 1 saturated carbocycles. The van der Waals surface area contributed by atoms with Crippen molar-refractivity contribution in [3.05, 3.63) is 0 Å². The maximum Gasteiger partial charge on any atom is 0.345 e. The van der Waals surface area contributed by atoms with E-state index in [4.69, 9.17) is 5.11 Å². The quantitative estimate of drug-likeness (QED) is 0.751. The van der Waals surface area contributed by atoms with E-state index in [1.165, 1.54) is 0 Å². The number of hydrogen-bond donors (Lipinski definition) is 1. The van der Waals surface area contributed by atoms with Gasteiger partial charge in [0.15, 0.2) is 0 Å². The summed E-state index contributed by atoms with van der Waals surface area (Å²) in [5.74, 6) is -0.243. The maximum atomic E-state index is 11.7.